The van der Waals surface area contributed by atoms with Gasteiger partial charge in [0.05, 0.1) is 11.0 Å². The minimum Gasteiger partial charge on any atom is -0.375 e. The summed E-state index contributed by atoms with van der Waals surface area (Å²) in [6.07, 6.45) is 4.71. The molecule has 0 aromatic carbocycles. The number of ether oxygens (including phenoxy) is 1. The maximum absolute atomic E-state index is 12.4. The smallest absolute Gasteiger partial charge is 0.227 e. The normalized spacial score (nSPS) is 39.6. The fourth-order valence-corrected chi connectivity index (χ4v) is 3.18. The van der Waals surface area contributed by atoms with Crippen LogP contribution >= 0.6 is 0 Å². The van der Waals surface area contributed by atoms with Gasteiger partial charge in [-0.15, -0.1) is 0 Å². The van der Waals surface area contributed by atoms with Crippen LogP contribution in [0.1, 0.15) is 52.9 Å². The van der Waals surface area contributed by atoms with Gasteiger partial charge in [-0.1, -0.05) is 6.42 Å². The summed E-state index contributed by atoms with van der Waals surface area (Å²) in [4.78, 5) is 12.4. The first-order valence-electron chi connectivity index (χ1n) is 7.04. The van der Waals surface area contributed by atoms with Crippen LogP contribution in [0.4, 0.5) is 0 Å². The van der Waals surface area contributed by atoms with Crippen molar-refractivity contribution in [2.45, 2.75) is 70.6 Å². The summed E-state index contributed by atoms with van der Waals surface area (Å²) >= 11 is 0. The average molecular weight is 254 g/mol. The summed E-state index contributed by atoms with van der Waals surface area (Å²) in [5, 5.41) is 3.19. The van der Waals surface area contributed by atoms with Gasteiger partial charge in [0.25, 0.3) is 0 Å². The van der Waals surface area contributed by atoms with Gasteiger partial charge in [0, 0.05) is 18.7 Å². The molecule has 1 amide bonds. The van der Waals surface area contributed by atoms with E-state index in [0.29, 0.717) is 0 Å². The molecule has 0 aromatic rings. The van der Waals surface area contributed by atoms with Crippen LogP contribution in [0.5, 0.6) is 0 Å². The van der Waals surface area contributed by atoms with E-state index in [0.717, 1.165) is 38.7 Å². The Hall–Kier alpha value is -0.610. The number of amides is 1. The lowest BCUT2D eigenvalue weighted by molar-refractivity contribution is -0.133. The van der Waals surface area contributed by atoms with Crippen molar-refractivity contribution in [3.63, 3.8) is 0 Å². The van der Waals surface area contributed by atoms with Crippen molar-refractivity contribution >= 4 is 5.91 Å². The molecule has 4 heteroatoms. The van der Waals surface area contributed by atoms with E-state index >= 15 is 0 Å². The monoisotopic (exact) mass is 254 g/mol. The van der Waals surface area contributed by atoms with Gasteiger partial charge in [0.15, 0.2) is 0 Å². The second-order valence-electron chi connectivity index (χ2n) is 6.69. The van der Waals surface area contributed by atoms with Gasteiger partial charge in [-0.05, 0) is 46.5 Å². The highest BCUT2D eigenvalue weighted by Crippen LogP contribution is 2.37. The van der Waals surface area contributed by atoms with Gasteiger partial charge < -0.3 is 15.8 Å². The van der Waals surface area contributed by atoms with Crippen LogP contribution in [0.25, 0.3) is 0 Å². The van der Waals surface area contributed by atoms with Gasteiger partial charge in [0.1, 0.15) is 0 Å². The highest BCUT2D eigenvalue weighted by Gasteiger charge is 2.44. The molecule has 4 nitrogen and oxygen atoms in total. The third-order valence-electron chi connectivity index (χ3n) is 4.58. The molecule has 2 rings (SSSR count). The van der Waals surface area contributed by atoms with Crippen molar-refractivity contribution in [3.05, 3.63) is 0 Å². The lowest BCUT2D eigenvalue weighted by Gasteiger charge is -2.38. The predicted molar refractivity (Wildman–Crippen MR) is 71.1 cm³/mol. The third kappa shape index (κ3) is 2.69. The molecule has 1 aliphatic heterocycles. The molecule has 3 atom stereocenters. The zero-order valence-electron chi connectivity index (χ0n) is 11.8. The molecule has 1 heterocycles. The molecule has 2 fully saturated rings. The third-order valence-corrected chi connectivity index (χ3v) is 4.58. The molecule has 0 bridgehead atoms. The van der Waals surface area contributed by atoms with E-state index in [1.54, 1.807) is 0 Å². The predicted octanol–water partition coefficient (Wildman–Crippen LogP) is 1.58. The number of carbonyl (C=O) groups excluding carboxylic acids is 1. The van der Waals surface area contributed by atoms with Crippen molar-refractivity contribution in [2.75, 3.05) is 6.61 Å². The fraction of sp³-hybridized carbons (Fsp3) is 0.929. The number of hydrogen-bond donors (Lipinski definition) is 2. The van der Waals surface area contributed by atoms with E-state index in [1.165, 1.54) is 0 Å². The SMILES string of the molecule is CC1(C)CC(NC(=O)C2(C)CCCC2N)CCO1. The second kappa shape index (κ2) is 4.82. The number of rotatable bonds is 2. The minimum absolute atomic E-state index is 0.00495. The first kappa shape index (κ1) is 13.8. The van der Waals surface area contributed by atoms with E-state index in [2.05, 4.69) is 19.2 Å². The topological polar surface area (TPSA) is 64.4 Å². The van der Waals surface area contributed by atoms with E-state index in [9.17, 15) is 4.79 Å². The Morgan fingerprint density at radius 1 is 1.33 bits per heavy atom. The van der Waals surface area contributed by atoms with E-state index in [-0.39, 0.29) is 29.0 Å². The maximum Gasteiger partial charge on any atom is 0.227 e. The molecule has 2 aliphatic rings. The van der Waals surface area contributed by atoms with Crippen LogP contribution in [0.15, 0.2) is 0 Å². The lowest BCUT2D eigenvalue weighted by atomic mass is 9.83. The van der Waals surface area contributed by atoms with Crippen molar-refractivity contribution < 1.29 is 9.53 Å². The van der Waals surface area contributed by atoms with Crippen LogP contribution in [0.2, 0.25) is 0 Å². The highest BCUT2D eigenvalue weighted by atomic mass is 16.5. The van der Waals surface area contributed by atoms with Gasteiger partial charge in [-0.3, -0.25) is 4.79 Å². The van der Waals surface area contributed by atoms with Crippen molar-refractivity contribution in [1.29, 1.82) is 0 Å². The Kier molecular flexibility index (Phi) is 3.70. The molecule has 1 aliphatic carbocycles. The Bertz CT molecular complexity index is 330. The van der Waals surface area contributed by atoms with E-state index in [4.69, 9.17) is 10.5 Å². The zero-order valence-corrected chi connectivity index (χ0v) is 11.8. The molecule has 3 N–H and O–H groups in total. The van der Waals surface area contributed by atoms with Crippen LogP contribution in [-0.4, -0.2) is 30.2 Å². The van der Waals surface area contributed by atoms with Crippen molar-refractivity contribution in [3.8, 4) is 0 Å². The number of nitrogens with two attached hydrogens (primary N) is 1. The standard InChI is InChI=1S/C14H26N2O2/c1-13(2)9-10(6-8-18-13)16-12(17)14(3)7-4-5-11(14)15/h10-11H,4-9,15H2,1-3H3,(H,16,17). The first-order valence-corrected chi connectivity index (χ1v) is 7.04. The van der Waals surface area contributed by atoms with Crippen molar-refractivity contribution in [1.82, 2.24) is 5.32 Å². The van der Waals surface area contributed by atoms with E-state index < -0.39 is 0 Å². The number of carbonyl (C=O) groups is 1. The highest BCUT2D eigenvalue weighted by molar-refractivity contribution is 5.83. The van der Waals surface area contributed by atoms with Gasteiger partial charge in [-0.2, -0.15) is 0 Å². The van der Waals surface area contributed by atoms with Crippen LogP contribution in [0.3, 0.4) is 0 Å². The Morgan fingerprint density at radius 3 is 2.61 bits per heavy atom. The molecule has 1 saturated carbocycles. The minimum atomic E-state index is -0.373. The molecule has 0 spiro atoms. The maximum atomic E-state index is 12.4. The average Bonchev–Trinajstić information content (AvgIpc) is 2.59. The van der Waals surface area contributed by atoms with E-state index in [1.807, 2.05) is 6.92 Å². The Labute approximate surface area is 110 Å². The molecular formula is C14H26N2O2. The quantitative estimate of drug-likeness (QED) is 0.786. The first-order chi connectivity index (χ1) is 8.33. The summed E-state index contributed by atoms with van der Waals surface area (Å²) in [6, 6.07) is 0.233. The van der Waals surface area contributed by atoms with Crippen LogP contribution in [0, 0.1) is 5.41 Å². The molecule has 18 heavy (non-hydrogen) atoms. The van der Waals surface area contributed by atoms with Gasteiger partial charge in [0.2, 0.25) is 5.91 Å². The van der Waals surface area contributed by atoms with Gasteiger partial charge >= 0.3 is 0 Å². The Morgan fingerprint density at radius 2 is 2.06 bits per heavy atom. The summed E-state index contributed by atoms with van der Waals surface area (Å²) in [5.74, 6) is 0.134. The largest absolute Gasteiger partial charge is 0.375 e. The molecule has 3 unspecified atom stereocenters. The summed E-state index contributed by atoms with van der Waals surface area (Å²) < 4.78 is 5.67. The van der Waals surface area contributed by atoms with Gasteiger partial charge in [-0.25, -0.2) is 0 Å². The number of nitrogens with one attached hydrogen (secondary N) is 1. The molecule has 1 saturated heterocycles. The van der Waals surface area contributed by atoms with Crippen LogP contribution < -0.4 is 11.1 Å². The van der Waals surface area contributed by atoms with Crippen LogP contribution in [-0.2, 0) is 9.53 Å². The number of hydrogen-bond acceptors (Lipinski definition) is 3. The fourth-order valence-electron chi connectivity index (χ4n) is 3.18. The summed E-state index contributed by atoms with van der Waals surface area (Å²) in [5.41, 5.74) is 5.58. The summed E-state index contributed by atoms with van der Waals surface area (Å²) in [6.45, 7) is 6.88. The molecule has 0 radical (unpaired) electrons. The lowest BCUT2D eigenvalue weighted by Crippen LogP contribution is -2.53. The van der Waals surface area contributed by atoms with Crippen molar-refractivity contribution in [2.24, 2.45) is 11.1 Å². The molecular weight excluding hydrogens is 228 g/mol. The molecule has 104 valence electrons. The Balaban J connectivity index is 1.95. The second-order valence-corrected chi connectivity index (χ2v) is 6.69. The molecule has 0 aromatic heterocycles. The zero-order chi connectivity index (χ0) is 13.4. The summed E-state index contributed by atoms with van der Waals surface area (Å²) in [7, 11) is 0.